The summed E-state index contributed by atoms with van der Waals surface area (Å²) in [5.74, 6) is 0.403. The molecule has 8 nitrogen and oxygen atoms in total. The third-order valence-corrected chi connectivity index (χ3v) is 3.07. The highest BCUT2D eigenvalue weighted by Gasteiger charge is 2.12. The maximum atomic E-state index is 10.9. The number of carbonyl (C=O) groups is 1. The minimum Gasteiger partial charge on any atom is -0.331 e. The standard InChI is InChI=1S/C14H15N7O/c1-3-11-12-13(19-14(18-11)21-6-4-15-8-21)20(9-17-12)7-5-16-10(2)22/h4-9H,3H2,1-2H3,(H,16,22)/b7-5-. The molecule has 3 aromatic rings. The summed E-state index contributed by atoms with van der Waals surface area (Å²) in [7, 11) is 0. The Morgan fingerprint density at radius 3 is 2.91 bits per heavy atom. The van der Waals surface area contributed by atoms with E-state index >= 15 is 0 Å². The molecule has 3 rings (SSSR count). The molecule has 0 aliphatic heterocycles. The van der Waals surface area contributed by atoms with Crippen LogP contribution in [-0.2, 0) is 11.2 Å². The van der Waals surface area contributed by atoms with Gasteiger partial charge in [0, 0.05) is 31.7 Å². The van der Waals surface area contributed by atoms with Crippen LogP contribution < -0.4 is 5.32 Å². The molecule has 0 atom stereocenters. The molecule has 8 heteroatoms. The predicted octanol–water partition coefficient (Wildman–Crippen LogP) is 1.14. The first-order valence-corrected chi connectivity index (χ1v) is 6.84. The normalized spacial score (nSPS) is 11.4. The molecule has 3 aromatic heterocycles. The lowest BCUT2D eigenvalue weighted by atomic mass is 10.3. The van der Waals surface area contributed by atoms with Gasteiger partial charge in [-0.1, -0.05) is 6.92 Å². The number of rotatable bonds is 4. The highest BCUT2D eigenvalue weighted by molar-refractivity contribution is 5.77. The van der Waals surface area contributed by atoms with Gasteiger partial charge in [0.1, 0.15) is 18.2 Å². The van der Waals surface area contributed by atoms with Gasteiger partial charge >= 0.3 is 0 Å². The number of carbonyl (C=O) groups excluding carboxylic acids is 1. The molecule has 0 saturated heterocycles. The average Bonchev–Trinajstić information content (AvgIpc) is 3.15. The number of imidazole rings is 2. The van der Waals surface area contributed by atoms with Gasteiger partial charge in [0.25, 0.3) is 0 Å². The Balaban J connectivity index is 2.10. The molecule has 0 saturated carbocycles. The quantitative estimate of drug-likeness (QED) is 0.779. The third-order valence-electron chi connectivity index (χ3n) is 3.07. The Morgan fingerprint density at radius 1 is 1.36 bits per heavy atom. The van der Waals surface area contributed by atoms with E-state index in [1.165, 1.54) is 6.92 Å². The number of aromatic nitrogens is 6. The summed E-state index contributed by atoms with van der Waals surface area (Å²) < 4.78 is 3.49. The van der Waals surface area contributed by atoms with Crippen molar-refractivity contribution in [3.63, 3.8) is 0 Å². The number of fused-ring (bicyclic) bond motifs is 1. The van der Waals surface area contributed by atoms with Gasteiger partial charge in [0.05, 0.1) is 5.69 Å². The van der Waals surface area contributed by atoms with Crippen molar-refractivity contribution in [2.75, 3.05) is 0 Å². The topological polar surface area (TPSA) is 90.5 Å². The monoisotopic (exact) mass is 297 g/mol. The van der Waals surface area contributed by atoms with Crippen LogP contribution in [0.2, 0.25) is 0 Å². The number of amides is 1. The van der Waals surface area contributed by atoms with Crippen LogP contribution in [0.5, 0.6) is 0 Å². The van der Waals surface area contributed by atoms with Gasteiger partial charge in [-0.3, -0.25) is 13.9 Å². The van der Waals surface area contributed by atoms with E-state index < -0.39 is 0 Å². The lowest BCUT2D eigenvalue weighted by Gasteiger charge is -2.05. The molecule has 0 bridgehead atoms. The van der Waals surface area contributed by atoms with Crippen molar-refractivity contribution in [1.29, 1.82) is 0 Å². The molecular weight excluding hydrogens is 282 g/mol. The van der Waals surface area contributed by atoms with Crippen molar-refractivity contribution in [3.8, 4) is 5.95 Å². The van der Waals surface area contributed by atoms with E-state index in [0.717, 1.165) is 17.6 Å². The Kier molecular flexibility index (Phi) is 3.65. The number of hydrogen-bond acceptors (Lipinski definition) is 5. The fourth-order valence-electron chi connectivity index (χ4n) is 2.05. The molecular formula is C14H15N7O. The van der Waals surface area contributed by atoms with Crippen LogP contribution in [0.25, 0.3) is 23.3 Å². The van der Waals surface area contributed by atoms with Crippen LogP contribution in [0.1, 0.15) is 19.5 Å². The molecule has 3 heterocycles. The minimum absolute atomic E-state index is 0.136. The Morgan fingerprint density at radius 2 is 2.23 bits per heavy atom. The van der Waals surface area contributed by atoms with Crippen LogP contribution in [0, 0.1) is 0 Å². The van der Waals surface area contributed by atoms with Crippen LogP contribution in [0.3, 0.4) is 0 Å². The lowest BCUT2D eigenvalue weighted by Crippen LogP contribution is -2.11. The summed E-state index contributed by atoms with van der Waals surface area (Å²) in [6, 6.07) is 0. The number of nitrogens with zero attached hydrogens (tertiary/aromatic N) is 6. The van der Waals surface area contributed by atoms with E-state index in [2.05, 4.69) is 25.3 Å². The molecule has 0 spiro atoms. The van der Waals surface area contributed by atoms with Crippen molar-refractivity contribution in [2.45, 2.75) is 20.3 Å². The lowest BCUT2D eigenvalue weighted by molar-refractivity contribution is -0.118. The van der Waals surface area contributed by atoms with Crippen molar-refractivity contribution in [2.24, 2.45) is 0 Å². The van der Waals surface area contributed by atoms with Crippen molar-refractivity contribution >= 4 is 23.3 Å². The largest absolute Gasteiger partial charge is 0.331 e. The molecule has 0 fully saturated rings. The molecule has 0 aliphatic carbocycles. The Labute approximate surface area is 126 Å². The van der Waals surface area contributed by atoms with E-state index in [1.807, 2.05) is 6.92 Å². The molecule has 1 N–H and O–H groups in total. The average molecular weight is 297 g/mol. The molecule has 112 valence electrons. The van der Waals surface area contributed by atoms with E-state index in [9.17, 15) is 4.79 Å². The maximum Gasteiger partial charge on any atom is 0.237 e. The van der Waals surface area contributed by atoms with Crippen LogP contribution in [0.15, 0.2) is 31.2 Å². The van der Waals surface area contributed by atoms with E-state index in [4.69, 9.17) is 0 Å². The number of nitrogens with one attached hydrogen (secondary N) is 1. The summed E-state index contributed by atoms with van der Waals surface area (Å²) in [6.07, 6.45) is 10.7. The second-order valence-corrected chi connectivity index (χ2v) is 4.63. The highest BCUT2D eigenvalue weighted by Crippen LogP contribution is 2.17. The second-order valence-electron chi connectivity index (χ2n) is 4.63. The minimum atomic E-state index is -0.136. The third kappa shape index (κ3) is 2.58. The first-order valence-electron chi connectivity index (χ1n) is 6.84. The fourth-order valence-corrected chi connectivity index (χ4v) is 2.05. The molecule has 22 heavy (non-hydrogen) atoms. The van der Waals surface area contributed by atoms with Gasteiger partial charge in [0.2, 0.25) is 11.9 Å². The van der Waals surface area contributed by atoms with Crippen LogP contribution in [0.4, 0.5) is 0 Å². The smallest absolute Gasteiger partial charge is 0.237 e. The second kappa shape index (κ2) is 5.76. The summed E-state index contributed by atoms with van der Waals surface area (Å²) in [5.41, 5.74) is 2.29. The van der Waals surface area contributed by atoms with Gasteiger partial charge in [-0.15, -0.1) is 0 Å². The molecule has 0 unspecified atom stereocenters. The van der Waals surface area contributed by atoms with Gasteiger partial charge in [-0.25, -0.2) is 15.0 Å². The molecule has 1 amide bonds. The summed E-state index contributed by atoms with van der Waals surface area (Å²) in [4.78, 5) is 28.4. The van der Waals surface area contributed by atoms with Gasteiger partial charge in [-0.05, 0) is 6.42 Å². The van der Waals surface area contributed by atoms with Gasteiger partial charge in [0.15, 0.2) is 5.65 Å². The van der Waals surface area contributed by atoms with Gasteiger partial charge < -0.3 is 5.32 Å². The van der Waals surface area contributed by atoms with Crippen LogP contribution in [-0.4, -0.2) is 35.0 Å². The Bertz CT molecular complexity index is 832. The zero-order valence-electron chi connectivity index (χ0n) is 12.3. The van der Waals surface area contributed by atoms with Crippen molar-refractivity contribution in [1.82, 2.24) is 34.4 Å². The van der Waals surface area contributed by atoms with E-state index in [1.54, 1.807) is 46.6 Å². The van der Waals surface area contributed by atoms with Crippen molar-refractivity contribution < 1.29 is 4.79 Å². The predicted molar refractivity (Wildman–Crippen MR) is 81.0 cm³/mol. The zero-order valence-corrected chi connectivity index (χ0v) is 12.3. The van der Waals surface area contributed by atoms with Crippen molar-refractivity contribution in [3.05, 3.63) is 36.9 Å². The molecule has 0 aliphatic rings. The SMILES string of the molecule is CCc1nc(-n2ccnc2)nc2c1ncn2/C=C\NC(C)=O. The molecule has 0 radical (unpaired) electrons. The first-order chi connectivity index (χ1) is 10.7. The van der Waals surface area contributed by atoms with E-state index in [-0.39, 0.29) is 5.91 Å². The number of hydrogen-bond donors (Lipinski definition) is 1. The summed E-state index contributed by atoms with van der Waals surface area (Å²) >= 11 is 0. The summed E-state index contributed by atoms with van der Waals surface area (Å²) in [5, 5.41) is 2.59. The zero-order chi connectivity index (χ0) is 15.5. The first kappa shape index (κ1) is 13.9. The number of aryl methyl sites for hydroxylation is 1. The Hall–Kier alpha value is -3.03. The highest BCUT2D eigenvalue weighted by atomic mass is 16.1. The van der Waals surface area contributed by atoms with E-state index in [0.29, 0.717) is 11.6 Å². The summed E-state index contributed by atoms with van der Waals surface area (Å²) in [6.45, 7) is 3.47. The van der Waals surface area contributed by atoms with Gasteiger partial charge in [-0.2, -0.15) is 4.98 Å². The molecule has 0 aromatic carbocycles. The fraction of sp³-hybridized carbons (Fsp3) is 0.214. The maximum absolute atomic E-state index is 10.9. The van der Waals surface area contributed by atoms with Crippen LogP contribution >= 0.6 is 0 Å².